The number of rotatable bonds is 7. The van der Waals surface area contributed by atoms with E-state index in [0.29, 0.717) is 11.5 Å². The van der Waals surface area contributed by atoms with Gasteiger partial charge in [0.05, 0.1) is 6.61 Å². The van der Waals surface area contributed by atoms with Crippen LogP contribution in [0.2, 0.25) is 0 Å². The second-order valence-corrected chi connectivity index (χ2v) is 6.71. The molecule has 2 heteroatoms. The van der Waals surface area contributed by atoms with Gasteiger partial charge in [0.25, 0.3) is 0 Å². The Labute approximate surface area is 114 Å². The molecule has 3 unspecified atom stereocenters. The number of hydrogen-bond donors (Lipinski definition) is 1. The van der Waals surface area contributed by atoms with Crippen LogP contribution < -0.4 is 5.32 Å². The summed E-state index contributed by atoms with van der Waals surface area (Å²) in [6.07, 6.45) is 5.29. The lowest BCUT2D eigenvalue weighted by atomic mass is 9.66. The molecule has 0 aliphatic heterocycles. The van der Waals surface area contributed by atoms with Crippen molar-refractivity contribution in [1.29, 1.82) is 0 Å². The second kappa shape index (κ2) is 7.49. The molecule has 0 spiro atoms. The van der Waals surface area contributed by atoms with E-state index in [9.17, 15) is 0 Å². The Bertz CT molecular complexity index is 227. The Morgan fingerprint density at radius 1 is 1.22 bits per heavy atom. The highest BCUT2D eigenvalue weighted by Gasteiger charge is 2.38. The van der Waals surface area contributed by atoms with Crippen LogP contribution in [0.1, 0.15) is 60.3 Å². The summed E-state index contributed by atoms with van der Waals surface area (Å²) in [7, 11) is 0. The van der Waals surface area contributed by atoms with E-state index in [2.05, 4.69) is 39.9 Å². The minimum Gasteiger partial charge on any atom is -0.381 e. The van der Waals surface area contributed by atoms with Gasteiger partial charge in [-0.05, 0) is 50.0 Å². The second-order valence-electron chi connectivity index (χ2n) is 6.71. The molecular weight excluding hydrogens is 222 g/mol. The van der Waals surface area contributed by atoms with Crippen molar-refractivity contribution in [2.24, 2.45) is 17.3 Å². The lowest BCUT2D eigenvalue weighted by molar-refractivity contribution is 0.00289. The number of nitrogens with one attached hydrogen (secondary N) is 1. The maximum atomic E-state index is 5.70. The van der Waals surface area contributed by atoms with Crippen molar-refractivity contribution >= 4 is 0 Å². The lowest BCUT2D eigenvalue weighted by Gasteiger charge is -2.44. The van der Waals surface area contributed by atoms with Crippen molar-refractivity contribution in [3.05, 3.63) is 0 Å². The first-order valence-corrected chi connectivity index (χ1v) is 7.82. The fraction of sp³-hybridized carbons (Fsp3) is 1.00. The predicted octanol–water partition coefficient (Wildman–Crippen LogP) is 3.85. The standard InChI is InChI=1S/C16H33NO/c1-6-10-17-15-11-13(3)8-9-14(15)16(4,5)12-18-7-2/h13-15,17H,6-12H2,1-5H3. The Hall–Kier alpha value is -0.0800. The first kappa shape index (κ1) is 16.0. The van der Waals surface area contributed by atoms with E-state index in [1.54, 1.807) is 0 Å². The van der Waals surface area contributed by atoms with Crippen molar-refractivity contribution in [3.8, 4) is 0 Å². The third kappa shape index (κ3) is 4.55. The molecule has 0 amide bonds. The van der Waals surface area contributed by atoms with E-state index >= 15 is 0 Å². The van der Waals surface area contributed by atoms with E-state index in [0.717, 1.165) is 31.6 Å². The average Bonchev–Trinajstić information content (AvgIpc) is 2.33. The summed E-state index contributed by atoms with van der Waals surface area (Å²) < 4.78 is 5.70. The van der Waals surface area contributed by atoms with Crippen molar-refractivity contribution in [2.75, 3.05) is 19.8 Å². The maximum Gasteiger partial charge on any atom is 0.0520 e. The molecule has 0 bridgehead atoms. The van der Waals surface area contributed by atoms with Gasteiger partial charge < -0.3 is 10.1 Å². The summed E-state index contributed by atoms with van der Waals surface area (Å²) in [5, 5.41) is 3.78. The molecule has 1 rings (SSSR count). The molecule has 0 radical (unpaired) electrons. The molecule has 2 nitrogen and oxygen atoms in total. The third-order valence-corrected chi connectivity index (χ3v) is 4.45. The highest BCUT2D eigenvalue weighted by atomic mass is 16.5. The Morgan fingerprint density at radius 2 is 1.94 bits per heavy atom. The Kier molecular flexibility index (Phi) is 6.65. The van der Waals surface area contributed by atoms with E-state index < -0.39 is 0 Å². The Balaban J connectivity index is 2.62. The van der Waals surface area contributed by atoms with Gasteiger partial charge in [0.1, 0.15) is 0 Å². The first-order valence-electron chi connectivity index (χ1n) is 7.82. The molecule has 0 saturated heterocycles. The molecule has 0 aromatic carbocycles. The van der Waals surface area contributed by atoms with E-state index in [1.165, 1.54) is 25.7 Å². The van der Waals surface area contributed by atoms with E-state index in [4.69, 9.17) is 4.74 Å². The molecule has 1 fully saturated rings. The van der Waals surface area contributed by atoms with Gasteiger partial charge in [0, 0.05) is 12.6 Å². The molecule has 1 aliphatic carbocycles. The molecule has 0 heterocycles. The van der Waals surface area contributed by atoms with Crippen LogP contribution in [0.5, 0.6) is 0 Å². The van der Waals surface area contributed by atoms with Crippen molar-refractivity contribution in [1.82, 2.24) is 5.32 Å². The quantitative estimate of drug-likeness (QED) is 0.746. The van der Waals surface area contributed by atoms with E-state index in [1.807, 2.05) is 0 Å². The fourth-order valence-corrected chi connectivity index (χ4v) is 3.34. The van der Waals surface area contributed by atoms with Gasteiger partial charge in [-0.1, -0.05) is 34.1 Å². The molecule has 108 valence electrons. The molecule has 1 aliphatic rings. The summed E-state index contributed by atoms with van der Waals surface area (Å²) in [5.74, 6) is 1.63. The largest absolute Gasteiger partial charge is 0.381 e. The summed E-state index contributed by atoms with van der Waals surface area (Å²) in [4.78, 5) is 0. The van der Waals surface area contributed by atoms with Crippen LogP contribution in [0.25, 0.3) is 0 Å². The van der Waals surface area contributed by atoms with Crippen LogP contribution in [-0.4, -0.2) is 25.8 Å². The molecule has 1 N–H and O–H groups in total. The first-order chi connectivity index (χ1) is 8.51. The van der Waals surface area contributed by atoms with Crippen LogP contribution in [-0.2, 0) is 4.74 Å². The zero-order valence-corrected chi connectivity index (χ0v) is 13.1. The van der Waals surface area contributed by atoms with Gasteiger partial charge in [-0.3, -0.25) is 0 Å². The van der Waals surface area contributed by atoms with Gasteiger partial charge in [0.15, 0.2) is 0 Å². The maximum absolute atomic E-state index is 5.70. The van der Waals surface area contributed by atoms with Gasteiger partial charge in [0.2, 0.25) is 0 Å². The van der Waals surface area contributed by atoms with Crippen LogP contribution in [0.3, 0.4) is 0 Å². The molecule has 1 saturated carbocycles. The van der Waals surface area contributed by atoms with Crippen molar-refractivity contribution in [2.45, 2.75) is 66.3 Å². The fourth-order valence-electron chi connectivity index (χ4n) is 3.34. The predicted molar refractivity (Wildman–Crippen MR) is 78.9 cm³/mol. The third-order valence-electron chi connectivity index (χ3n) is 4.45. The summed E-state index contributed by atoms with van der Waals surface area (Å²) in [5.41, 5.74) is 0.293. The zero-order valence-electron chi connectivity index (χ0n) is 13.1. The van der Waals surface area contributed by atoms with Crippen molar-refractivity contribution in [3.63, 3.8) is 0 Å². The average molecular weight is 255 g/mol. The smallest absolute Gasteiger partial charge is 0.0520 e. The molecule has 18 heavy (non-hydrogen) atoms. The SMILES string of the molecule is CCCNC1CC(C)CCC1C(C)(C)COCC. The topological polar surface area (TPSA) is 21.3 Å². The van der Waals surface area contributed by atoms with Crippen LogP contribution in [0.15, 0.2) is 0 Å². The highest BCUT2D eigenvalue weighted by molar-refractivity contribution is 4.91. The number of ether oxygens (including phenoxy) is 1. The summed E-state index contributed by atoms with van der Waals surface area (Å²) in [6.45, 7) is 14.4. The summed E-state index contributed by atoms with van der Waals surface area (Å²) in [6, 6.07) is 0.684. The van der Waals surface area contributed by atoms with Crippen LogP contribution >= 0.6 is 0 Å². The Morgan fingerprint density at radius 3 is 2.56 bits per heavy atom. The minimum atomic E-state index is 0.293. The minimum absolute atomic E-state index is 0.293. The van der Waals surface area contributed by atoms with Crippen LogP contribution in [0.4, 0.5) is 0 Å². The molecule has 3 atom stereocenters. The monoisotopic (exact) mass is 255 g/mol. The molecular formula is C16H33NO. The van der Waals surface area contributed by atoms with Gasteiger partial charge in [-0.15, -0.1) is 0 Å². The van der Waals surface area contributed by atoms with Gasteiger partial charge in [-0.25, -0.2) is 0 Å². The molecule has 0 aromatic heterocycles. The van der Waals surface area contributed by atoms with Gasteiger partial charge >= 0.3 is 0 Å². The lowest BCUT2D eigenvalue weighted by Crippen LogP contribution is -2.48. The number of hydrogen-bond acceptors (Lipinski definition) is 2. The molecule has 0 aromatic rings. The van der Waals surface area contributed by atoms with Gasteiger partial charge in [-0.2, -0.15) is 0 Å². The van der Waals surface area contributed by atoms with Crippen LogP contribution in [0, 0.1) is 17.3 Å². The van der Waals surface area contributed by atoms with Crippen molar-refractivity contribution < 1.29 is 4.74 Å². The summed E-state index contributed by atoms with van der Waals surface area (Å²) >= 11 is 0. The normalized spacial score (nSPS) is 29.5. The zero-order chi connectivity index (χ0) is 13.6. The highest BCUT2D eigenvalue weighted by Crippen LogP contribution is 2.40. The van der Waals surface area contributed by atoms with E-state index in [-0.39, 0.29) is 0 Å².